The van der Waals surface area contributed by atoms with Crippen LogP contribution in [0.4, 0.5) is 0 Å². The van der Waals surface area contributed by atoms with Crippen molar-refractivity contribution in [2.45, 2.75) is 25.8 Å². The van der Waals surface area contributed by atoms with Gasteiger partial charge in [-0.15, -0.1) is 0 Å². The van der Waals surface area contributed by atoms with Crippen molar-refractivity contribution in [2.75, 3.05) is 20.3 Å². The number of aryl methyl sites for hydroxylation is 1. The van der Waals surface area contributed by atoms with Gasteiger partial charge in [-0.25, -0.2) is 0 Å². The second kappa shape index (κ2) is 6.52. The van der Waals surface area contributed by atoms with Crippen molar-refractivity contribution < 1.29 is 14.6 Å². The van der Waals surface area contributed by atoms with Gasteiger partial charge in [0.2, 0.25) is 0 Å². The maximum atomic E-state index is 12.1. The van der Waals surface area contributed by atoms with Gasteiger partial charge in [-0.05, 0) is 32.4 Å². The van der Waals surface area contributed by atoms with Crippen LogP contribution in [-0.2, 0) is 4.74 Å². The predicted octanol–water partition coefficient (Wildman–Crippen LogP) is 1.51. The van der Waals surface area contributed by atoms with E-state index in [1.165, 1.54) is 0 Å². The van der Waals surface area contributed by atoms with Gasteiger partial charge >= 0.3 is 0 Å². The van der Waals surface area contributed by atoms with Gasteiger partial charge in [-0.1, -0.05) is 17.7 Å². The van der Waals surface area contributed by atoms with E-state index in [9.17, 15) is 4.79 Å². The zero-order valence-corrected chi connectivity index (χ0v) is 11.2. The lowest BCUT2D eigenvalue weighted by molar-refractivity contribution is 0.0725. The maximum Gasteiger partial charge on any atom is 0.251 e. The van der Waals surface area contributed by atoms with Crippen LogP contribution in [0.3, 0.4) is 0 Å². The van der Waals surface area contributed by atoms with E-state index in [2.05, 4.69) is 5.32 Å². The van der Waals surface area contributed by atoms with Crippen molar-refractivity contribution in [1.29, 1.82) is 0 Å². The highest BCUT2D eigenvalue weighted by atomic mass is 16.5. The Morgan fingerprint density at radius 2 is 2.00 bits per heavy atom. The van der Waals surface area contributed by atoms with Crippen LogP contribution in [0.25, 0.3) is 0 Å². The number of aliphatic hydroxyl groups is 1. The fourth-order valence-corrected chi connectivity index (χ4v) is 1.79. The highest BCUT2D eigenvalue weighted by molar-refractivity contribution is 5.94. The number of carbonyl (C=O) groups is 1. The number of carbonyl (C=O) groups excluding carboxylic acids is 1. The topological polar surface area (TPSA) is 58.6 Å². The van der Waals surface area contributed by atoms with Gasteiger partial charge in [0.1, 0.15) is 0 Å². The predicted molar refractivity (Wildman–Crippen MR) is 70.6 cm³/mol. The summed E-state index contributed by atoms with van der Waals surface area (Å²) >= 11 is 0. The second-order valence-electron chi connectivity index (χ2n) is 4.79. The zero-order valence-electron chi connectivity index (χ0n) is 11.2. The van der Waals surface area contributed by atoms with Crippen molar-refractivity contribution >= 4 is 5.91 Å². The van der Waals surface area contributed by atoms with Gasteiger partial charge in [0.05, 0.1) is 12.1 Å². The van der Waals surface area contributed by atoms with Crippen LogP contribution in [0.2, 0.25) is 0 Å². The molecule has 0 saturated carbocycles. The van der Waals surface area contributed by atoms with Crippen LogP contribution >= 0.6 is 0 Å². The van der Waals surface area contributed by atoms with E-state index in [-0.39, 0.29) is 12.5 Å². The number of nitrogens with one attached hydrogen (secondary N) is 1. The van der Waals surface area contributed by atoms with Crippen LogP contribution in [0.1, 0.15) is 29.3 Å². The minimum Gasteiger partial charge on any atom is -0.396 e. The Labute approximate surface area is 108 Å². The van der Waals surface area contributed by atoms with Gasteiger partial charge in [0, 0.05) is 19.3 Å². The summed E-state index contributed by atoms with van der Waals surface area (Å²) in [5.74, 6) is -0.150. The minimum absolute atomic E-state index is 0.00797. The lowest BCUT2D eigenvalue weighted by Gasteiger charge is -2.29. The standard InChI is InChI=1S/C14H21NO3/c1-11-4-6-12(7-5-11)13(17)15-14(2,8-9-16)10-18-3/h4-7,16H,8-10H2,1-3H3,(H,15,17). The molecular weight excluding hydrogens is 230 g/mol. The van der Waals surface area contributed by atoms with Gasteiger partial charge in [0.25, 0.3) is 5.91 Å². The quantitative estimate of drug-likeness (QED) is 0.805. The van der Waals surface area contributed by atoms with Crippen LogP contribution in [-0.4, -0.2) is 36.9 Å². The average molecular weight is 251 g/mol. The summed E-state index contributed by atoms with van der Waals surface area (Å²) in [6.45, 7) is 4.21. The van der Waals surface area contributed by atoms with Crippen molar-refractivity contribution in [3.8, 4) is 0 Å². The summed E-state index contributed by atoms with van der Waals surface area (Å²) in [5, 5.41) is 11.9. The summed E-state index contributed by atoms with van der Waals surface area (Å²) < 4.78 is 5.09. The average Bonchev–Trinajstić information content (AvgIpc) is 2.30. The largest absolute Gasteiger partial charge is 0.396 e. The van der Waals surface area contributed by atoms with E-state index in [1.54, 1.807) is 19.2 Å². The molecule has 1 rings (SSSR count). The van der Waals surface area contributed by atoms with Crippen LogP contribution in [0.15, 0.2) is 24.3 Å². The number of benzene rings is 1. The lowest BCUT2D eigenvalue weighted by atomic mass is 9.98. The summed E-state index contributed by atoms with van der Waals surface area (Å²) in [4.78, 5) is 12.1. The molecule has 18 heavy (non-hydrogen) atoms. The number of hydrogen-bond donors (Lipinski definition) is 2. The van der Waals surface area contributed by atoms with E-state index >= 15 is 0 Å². The molecule has 0 fully saturated rings. The molecule has 0 spiro atoms. The SMILES string of the molecule is COCC(C)(CCO)NC(=O)c1ccc(C)cc1. The van der Waals surface area contributed by atoms with Crippen LogP contribution in [0, 0.1) is 6.92 Å². The molecule has 1 aromatic rings. The summed E-state index contributed by atoms with van der Waals surface area (Å²) in [6.07, 6.45) is 0.457. The van der Waals surface area contributed by atoms with Gasteiger partial charge < -0.3 is 15.2 Å². The molecule has 100 valence electrons. The van der Waals surface area contributed by atoms with Gasteiger partial charge in [-0.3, -0.25) is 4.79 Å². The van der Waals surface area contributed by atoms with E-state index in [4.69, 9.17) is 9.84 Å². The molecule has 4 heteroatoms. The maximum absolute atomic E-state index is 12.1. The van der Waals surface area contributed by atoms with Crippen molar-refractivity contribution in [3.63, 3.8) is 0 Å². The molecule has 0 radical (unpaired) electrons. The molecule has 0 bridgehead atoms. The first-order chi connectivity index (χ1) is 8.50. The third-order valence-electron chi connectivity index (χ3n) is 2.86. The molecular formula is C14H21NO3. The van der Waals surface area contributed by atoms with E-state index < -0.39 is 5.54 Å². The summed E-state index contributed by atoms with van der Waals surface area (Å²) in [5.41, 5.74) is 1.17. The molecule has 2 N–H and O–H groups in total. The fraction of sp³-hybridized carbons (Fsp3) is 0.500. The molecule has 4 nitrogen and oxygen atoms in total. The Hall–Kier alpha value is -1.39. The number of methoxy groups -OCH3 is 1. The van der Waals surface area contributed by atoms with Crippen molar-refractivity contribution in [2.24, 2.45) is 0 Å². The first-order valence-corrected chi connectivity index (χ1v) is 6.00. The van der Waals surface area contributed by atoms with Crippen LogP contribution < -0.4 is 5.32 Å². The van der Waals surface area contributed by atoms with Crippen molar-refractivity contribution in [1.82, 2.24) is 5.32 Å². The number of aliphatic hydroxyl groups excluding tert-OH is 1. The van der Waals surface area contributed by atoms with Gasteiger partial charge in [0.15, 0.2) is 0 Å². The number of rotatable bonds is 6. The van der Waals surface area contributed by atoms with E-state index in [0.29, 0.717) is 18.6 Å². The van der Waals surface area contributed by atoms with Crippen LogP contribution in [0.5, 0.6) is 0 Å². The Bertz CT molecular complexity index is 381. The first kappa shape index (κ1) is 14.7. The Balaban J connectivity index is 2.74. The number of hydrogen-bond acceptors (Lipinski definition) is 3. The third-order valence-corrected chi connectivity index (χ3v) is 2.86. The molecule has 1 aromatic carbocycles. The molecule has 0 aliphatic carbocycles. The molecule has 0 heterocycles. The lowest BCUT2D eigenvalue weighted by Crippen LogP contribution is -2.50. The van der Waals surface area contributed by atoms with Crippen molar-refractivity contribution in [3.05, 3.63) is 35.4 Å². The molecule has 1 atom stereocenters. The fourth-order valence-electron chi connectivity index (χ4n) is 1.79. The Kier molecular flexibility index (Phi) is 5.31. The smallest absolute Gasteiger partial charge is 0.251 e. The molecule has 0 aromatic heterocycles. The first-order valence-electron chi connectivity index (χ1n) is 6.00. The monoisotopic (exact) mass is 251 g/mol. The highest BCUT2D eigenvalue weighted by Crippen LogP contribution is 2.12. The number of amides is 1. The van der Waals surface area contributed by atoms with E-state index in [0.717, 1.165) is 5.56 Å². The normalized spacial score (nSPS) is 14.0. The molecule has 0 aliphatic heterocycles. The second-order valence-corrected chi connectivity index (χ2v) is 4.79. The Morgan fingerprint density at radius 1 is 1.39 bits per heavy atom. The molecule has 0 aliphatic rings. The van der Waals surface area contributed by atoms with E-state index in [1.807, 2.05) is 26.0 Å². The highest BCUT2D eigenvalue weighted by Gasteiger charge is 2.26. The number of ether oxygens (including phenoxy) is 1. The van der Waals surface area contributed by atoms with Gasteiger partial charge in [-0.2, -0.15) is 0 Å². The minimum atomic E-state index is -0.550. The third kappa shape index (κ3) is 4.13. The molecule has 1 amide bonds. The molecule has 1 unspecified atom stereocenters. The summed E-state index contributed by atoms with van der Waals surface area (Å²) in [6, 6.07) is 7.37. The molecule has 0 saturated heterocycles. The summed E-state index contributed by atoms with van der Waals surface area (Å²) in [7, 11) is 1.58. The zero-order chi connectivity index (χ0) is 13.6. The Morgan fingerprint density at radius 3 is 2.50 bits per heavy atom.